The number of oxazole rings is 1. The van der Waals surface area contributed by atoms with Crippen LogP contribution in [0.15, 0.2) is 101 Å². The van der Waals surface area contributed by atoms with E-state index >= 15 is 0 Å². The van der Waals surface area contributed by atoms with Gasteiger partial charge < -0.3 is 15.1 Å². The Balaban J connectivity index is 1.10. The van der Waals surface area contributed by atoms with E-state index in [0.717, 1.165) is 28.1 Å². The molecule has 7 rings (SSSR count). The molecule has 0 saturated heterocycles. The van der Waals surface area contributed by atoms with Crippen molar-refractivity contribution in [3.05, 3.63) is 119 Å². The van der Waals surface area contributed by atoms with Gasteiger partial charge >= 0.3 is 0 Å². The van der Waals surface area contributed by atoms with E-state index < -0.39 is 27.7 Å². The van der Waals surface area contributed by atoms with E-state index in [1.165, 1.54) is 31.2 Å². The first-order chi connectivity index (χ1) is 24.8. The molecule has 4 aromatic carbocycles. The van der Waals surface area contributed by atoms with Crippen LogP contribution in [-0.2, 0) is 21.3 Å². The smallest absolute Gasteiger partial charge is 0.266 e. The topological polar surface area (TPSA) is 139 Å². The number of benzene rings is 4. The molecule has 2 aliphatic carbocycles. The number of anilines is 1. The van der Waals surface area contributed by atoms with E-state index in [1.807, 2.05) is 60.7 Å². The minimum Gasteiger partial charge on any atom is -0.436 e. The number of rotatable bonds is 11. The third kappa shape index (κ3) is 7.41. The fraction of sp³-hybridized carbons (Fsp3) is 0.357. The Labute approximate surface area is 305 Å². The van der Waals surface area contributed by atoms with Crippen molar-refractivity contribution in [2.75, 3.05) is 17.6 Å². The number of nitrogens with zero attached hydrogens (tertiary/aromatic N) is 1. The third-order valence-electron chi connectivity index (χ3n) is 11.6. The summed E-state index contributed by atoms with van der Waals surface area (Å²) in [6, 6.07) is 30.6. The summed E-state index contributed by atoms with van der Waals surface area (Å²) in [5.74, 6) is 0.0449. The highest BCUT2D eigenvalue weighted by Crippen LogP contribution is 2.67. The number of nitrogens with one attached hydrogen (secondary N) is 2. The molecule has 10 heteroatoms. The van der Waals surface area contributed by atoms with Crippen LogP contribution in [0.4, 0.5) is 5.69 Å². The number of amides is 2. The Morgan fingerprint density at radius 3 is 2.27 bits per heavy atom. The Kier molecular flexibility index (Phi) is 9.56. The lowest BCUT2D eigenvalue weighted by Gasteiger charge is -2.62. The number of carbonyl (C=O) groups excluding carboxylic acids is 2. The second-order valence-corrected chi connectivity index (χ2v) is 17.0. The van der Waals surface area contributed by atoms with Crippen molar-refractivity contribution in [3.63, 3.8) is 0 Å². The molecule has 52 heavy (non-hydrogen) atoms. The molecule has 4 atom stereocenters. The lowest BCUT2D eigenvalue weighted by molar-refractivity contribution is -0.117. The van der Waals surface area contributed by atoms with Crippen LogP contribution in [0.2, 0.25) is 0 Å². The molecular formula is C42H45N3O6S. The van der Waals surface area contributed by atoms with E-state index in [2.05, 4.69) is 60.7 Å². The van der Waals surface area contributed by atoms with E-state index in [9.17, 15) is 18.0 Å². The zero-order valence-electron chi connectivity index (χ0n) is 29.8. The molecule has 3 unspecified atom stereocenters. The number of aromatic nitrogens is 1. The second-order valence-electron chi connectivity index (χ2n) is 15.4. The van der Waals surface area contributed by atoms with E-state index in [0.29, 0.717) is 45.9 Å². The molecule has 270 valence electrons. The van der Waals surface area contributed by atoms with Gasteiger partial charge in [-0.2, -0.15) is 8.42 Å². The molecule has 1 aromatic heterocycles. The average molecular weight is 720 g/mol. The summed E-state index contributed by atoms with van der Waals surface area (Å²) in [5.41, 5.74) is 7.06. The van der Waals surface area contributed by atoms with Crippen LogP contribution in [0.1, 0.15) is 85.3 Å². The van der Waals surface area contributed by atoms with E-state index in [-0.39, 0.29) is 12.5 Å². The Morgan fingerprint density at radius 2 is 1.62 bits per heavy atom. The van der Waals surface area contributed by atoms with Gasteiger partial charge in [0.15, 0.2) is 5.58 Å². The van der Waals surface area contributed by atoms with Crippen molar-refractivity contribution in [3.8, 4) is 11.5 Å². The zero-order chi connectivity index (χ0) is 36.7. The fourth-order valence-electron chi connectivity index (χ4n) is 8.68. The minimum atomic E-state index is -4.18. The molecule has 2 aliphatic rings. The summed E-state index contributed by atoms with van der Waals surface area (Å²) in [4.78, 5) is 31.2. The van der Waals surface area contributed by atoms with Crippen LogP contribution in [0.5, 0.6) is 0 Å². The van der Waals surface area contributed by atoms with Crippen molar-refractivity contribution in [2.24, 2.45) is 16.7 Å². The van der Waals surface area contributed by atoms with Gasteiger partial charge in [-0.05, 0) is 120 Å². The van der Waals surface area contributed by atoms with Crippen LogP contribution in [0.3, 0.4) is 0 Å². The van der Waals surface area contributed by atoms with Crippen molar-refractivity contribution < 1.29 is 27.0 Å². The summed E-state index contributed by atoms with van der Waals surface area (Å²) in [6.07, 6.45) is 5.32. The molecule has 0 aliphatic heterocycles. The number of hydrogen-bond donors (Lipinski definition) is 3. The van der Waals surface area contributed by atoms with Gasteiger partial charge in [0.25, 0.3) is 16.0 Å². The van der Waals surface area contributed by atoms with Crippen molar-refractivity contribution >= 4 is 38.7 Å². The predicted molar refractivity (Wildman–Crippen MR) is 203 cm³/mol. The van der Waals surface area contributed by atoms with Crippen molar-refractivity contribution in [1.82, 2.24) is 10.3 Å². The summed E-state index contributed by atoms with van der Waals surface area (Å²) >= 11 is 0. The molecule has 2 amide bonds. The largest absolute Gasteiger partial charge is 0.436 e. The highest BCUT2D eigenvalue weighted by atomic mass is 32.2. The SMILES string of the molecule is CC1(C)CCC(c2ccc(C(Cc3ccc(C(=O)NCCS(=O)(=O)O)cc3)C(=O)Nc3ccc(-c4nc5ccccc5o4)cc3)cc2)[C@]2(C)CCC12. The first-order valence-corrected chi connectivity index (χ1v) is 19.6. The monoisotopic (exact) mass is 719 g/mol. The second kappa shape index (κ2) is 14.0. The molecule has 0 bridgehead atoms. The summed E-state index contributed by atoms with van der Waals surface area (Å²) < 4.78 is 36.9. The van der Waals surface area contributed by atoms with Crippen LogP contribution < -0.4 is 10.6 Å². The molecule has 3 N–H and O–H groups in total. The molecule has 0 radical (unpaired) electrons. The molecule has 2 saturated carbocycles. The quantitative estimate of drug-likeness (QED) is 0.117. The maximum atomic E-state index is 14.1. The van der Waals surface area contributed by atoms with Gasteiger partial charge in [-0.25, -0.2) is 4.98 Å². The Bertz CT molecular complexity index is 2160. The third-order valence-corrected chi connectivity index (χ3v) is 12.4. The molecule has 2 fully saturated rings. The standard InChI is InChI=1S/C42H45N3O6S/c1-41(2)22-20-34(42(3)23-21-37(41)42)29-14-12-28(13-15-29)33(26-27-8-10-30(11-9-27)38(46)43-24-25-52(48,49)50)39(47)44-32-18-16-31(17-19-32)40-45-35-6-4-5-7-36(35)51-40/h4-19,33-34,37H,20-26H2,1-3H3,(H,43,46)(H,44,47)(H,48,49,50)/t33?,34?,37?,42-/m0/s1. The van der Waals surface area contributed by atoms with Gasteiger partial charge in [-0.15, -0.1) is 0 Å². The average Bonchev–Trinajstić information content (AvgIpc) is 3.54. The number of fused-ring (bicyclic) bond motifs is 2. The Hall–Kier alpha value is -4.80. The van der Waals surface area contributed by atoms with E-state index in [4.69, 9.17) is 8.97 Å². The first-order valence-electron chi connectivity index (χ1n) is 18.0. The molecule has 0 spiro atoms. The van der Waals surface area contributed by atoms with Gasteiger partial charge in [0.1, 0.15) is 5.52 Å². The lowest BCUT2D eigenvalue weighted by atomic mass is 9.42. The highest BCUT2D eigenvalue weighted by molar-refractivity contribution is 7.85. The predicted octanol–water partition coefficient (Wildman–Crippen LogP) is 8.40. The van der Waals surface area contributed by atoms with Gasteiger partial charge in [-0.3, -0.25) is 14.1 Å². The van der Waals surface area contributed by atoms with Crippen LogP contribution in [0.25, 0.3) is 22.6 Å². The lowest BCUT2D eigenvalue weighted by Crippen LogP contribution is -2.53. The first kappa shape index (κ1) is 35.6. The van der Waals surface area contributed by atoms with Crippen LogP contribution in [0, 0.1) is 16.7 Å². The minimum absolute atomic E-state index is 0.153. The maximum absolute atomic E-state index is 14.1. The number of hydrogen-bond acceptors (Lipinski definition) is 6. The van der Waals surface area contributed by atoms with Gasteiger partial charge in [0.05, 0.1) is 11.7 Å². The summed E-state index contributed by atoms with van der Waals surface area (Å²) in [6.45, 7) is 7.10. The fourth-order valence-corrected chi connectivity index (χ4v) is 9.04. The molecule has 5 aromatic rings. The normalized spacial score (nSPS) is 21.5. The Morgan fingerprint density at radius 1 is 0.904 bits per heavy atom. The van der Waals surface area contributed by atoms with Gasteiger partial charge in [0, 0.05) is 23.4 Å². The van der Waals surface area contributed by atoms with Crippen LogP contribution >= 0.6 is 0 Å². The highest BCUT2D eigenvalue weighted by Gasteiger charge is 2.57. The van der Waals surface area contributed by atoms with Crippen molar-refractivity contribution in [1.29, 1.82) is 0 Å². The summed E-state index contributed by atoms with van der Waals surface area (Å²) in [5, 5.41) is 5.63. The number of para-hydroxylation sites is 2. The molecule has 1 heterocycles. The molecule has 9 nitrogen and oxygen atoms in total. The maximum Gasteiger partial charge on any atom is 0.266 e. The van der Waals surface area contributed by atoms with Crippen LogP contribution in [-0.4, -0.2) is 42.1 Å². The van der Waals surface area contributed by atoms with Crippen molar-refractivity contribution in [2.45, 2.75) is 64.7 Å². The summed E-state index contributed by atoms with van der Waals surface area (Å²) in [7, 11) is -4.18. The van der Waals surface area contributed by atoms with Gasteiger partial charge in [-0.1, -0.05) is 69.3 Å². The number of carbonyl (C=O) groups is 2. The zero-order valence-corrected chi connectivity index (χ0v) is 30.6. The van der Waals surface area contributed by atoms with E-state index in [1.54, 1.807) is 12.1 Å². The van der Waals surface area contributed by atoms with Gasteiger partial charge in [0.2, 0.25) is 11.8 Å². The molecular weight excluding hydrogens is 675 g/mol.